The van der Waals surface area contributed by atoms with E-state index in [2.05, 4.69) is 53.2 Å². The molecule has 2 rings (SSSR count). The monoisotopic (exact) mass is 290 g/mol. The van der Waals surface area contributed by atoms with Crippen LogP contribution in [0.15, 0.2) is 46.9 Å². The van der Waals surface area contributed by atoms with E-state index in [9.17, 15) is 0 Å². The van der Waals surface area contributed by atoms with Gasteiger partial charge in [0.15, 0.2) is 0 Å². The standard InChI is InChI=1S/C15H15BrO/c1-11-9-13(5-8-15(11)16)10-12-3-6-14(17-2)7-4-12/h3-9H,10H2,1-2H3. The average molecular weight is 291 g/mol. The molecule has 0 fully saturated rings. The maximum absolute atomic E-state index is 5.15. The van der Waals surface area contributed by atoms with E-state index in [-0.39, 0.29) is 0 Å². The third-order valence-corrected chi connectivity index (χ3v) is 3.68. The molecule has 0 radical (unpaired) electrons. The van der Waals surface area contributed by atoms with Crippen molar-refractivity contribution in [2.24, 2.45) is 0 Å². The highest BCUT2D eigenvalue weighted by Gasteiger charge is 2.00. The molecule has 2 heteroatoms. The lowest BCUT2D eigenvalue weighted by Gasteiger charge is -2.06. The molecule has 2 aromatic carbocycles. The van der Waals surface area contributed by atoms with Crippen molar-refractivity contribution >= 4 is 15.9 Å². The first-order valence-electron chi connectivity index (χ1n) is 5.57. The molecule has 0 aliphatic carbocycles. The van der Waals surface area contributed by atoms with E-state index in [1.807, 2.05) is 12.1 Å². The number of rotatable bonds is 3. The van der Waals surface area contributed by atoms with Gasteiger partial charge in [0.2, 0.25) is 0 Å². The first-order chi connectivity index (χ1) is 8.19. The number of benzene rings is 2. The van der Waals surface area contributed by atoms with E-state index >= 15 is 0 Å². The summed E-state index contributed by atoms with van der Waals surface area (Å²) in [6.07, 6.45) is 0.956. The van der Waals surface area contributed by atoms with Gasteiger partial charge in [0, 0.05) is 4.47 Å². The second-order valence-electron chi connectivity index (χ2n) is 4.11. The summed E-state index contributed by atoms with van der Waals surface area (Å²) in [5.74, 6) is 0.903. The van der Waals surface area contributed by atoms with Gasteiger partial charge in [-0.3, -0.25) is 0 Å². The Morgan fingerprint density at radius 1 is 1.00 bits per heavy atom. The Labute approximate surface area is 111 Å². The summed E-state index contributed by atoms with van der Waals surface area (Å²) in [4.78, 5) is 0. The van der Waals surface area contributed by atoms with E-state index in [0.717, 1.165) is 16.6 Å². The van der Waals surface area contributed by atoms with Crippen molar-refractivity contribution in [1.29, 1.82) is 0 Å². The summed E-state index contributed by atoms with van der Waals surface area (Å²) < 4.78 is 6.31. The highest BCUT2D eigenvalue weighted by atomic mass is 79.9. The zero-order valence-electron chi connectivity index (χ0n) is 10.0. The molecular weight excluding hydrogens is 276 g/mol. The molecule has 0 bridgehead atoms. The predicted octanol–water partition coefficient (Wildman–Crippen LogP) is 4.36. The van der Waals surface area contributed by atoms with Crippen LogP contribution in [0.4, 0.5) is 0 Å². The fourth-order valence-corrected chi connectivity index (χ4v) is 2.04. The molecular formula is C15H15BrO. The minimum atomic E-state index is 0.903. The fourth-order valence-electron chi connectivity index (χ4n) is 1.80. The Hall–Kier alpha value is -1.28. The van der Waals surface area contributed by atoms with Crippen LogP contribution in [-0.4, -0.2) is 7.11 Å². The van der Waals surface area contributed by atoms with Crippen molar-refractivity contribution in [1.82, 2.24) is 0 Å². The lowest BCUT2D eigenvalue weighted by molar-refractivity contribution is 0.414. The normalized spacial score (nSPS) is 10.3. The van der Waals surface area contributed by atoms with Crippen LogP contribution in [0.1, 0.15) is 16.7 Å². The van der Waals surface area contributed by atoms with Crippen molar-refractivity contribution in [2.45, 2.75) is 13.3 Å². The Morgan fingerprint density at radius 3 is 2.24 bits per heavy atom. The highest BCUT2D eigenvalue weighted by Crippen LogP contribution is 2.20. The van der Waals surface area contributed by atoms with Crippen LogP contribution in [0.5, 0.6) is 5.75 Å². The summed E-state index contributed by atoms with van der Waals surface area (Å²) in [5, 5.41) is 0. The van der Waals surface area contributed by atoms with Crippen LogP contribution in [0.2, 0.25) is 0 Å². The Kier molecular flexibility index (Phi) is 3.85. The predicted molar refractivity (Wildman–Crippen MR) is 74.7 cm³/mol. The van der Waals surface area contributed by atoms with E-state index in [4.69, 9.17) is 4.74 Å². The number of ether oxygens (including phenoxy) is 1. The van der Waals surface area contributed by atoms with Crippen molar-refractivity contribution < 1.29 is 4.74 Å². The van der Waals surface area contributed by atoms with Gasteiger partial charge >= 0.3 is 0 Å². The van der Waals surface area contributed by atoms with Gasteiger partial charge in [-0.1, -0.05) is 40.2 Å². The average Bonchev–Trinajstić information content (AvgIpc) is 2.35. The summed E-state index contributed by atoms with van der Waals surface area (Å²) in [5.41, 5.74) is 3.90. The van der Waals surface area contributed by atoms with Crippen LogP contribution in [-0.2, 0) is 6.42 Å². The van der Waals surface area contributed by atoms with Gasteiger partial charge in [0.05, 0.1) is 7.11 Å². The molecule has 0 unspecified atom stereocenters. The zero-order valence-corrected chi connectivity index (χ0v) is 11.6. The SMILES string of the molecule is COc1ccc(Cc2ccc(Br)c(C)c2)cc1. The molecule has 0 heterocycles. The number of hydrogen-bond donors (Lipinski definition) is 0. The molecule has 0 amide bonds. The fraction of sp³-hybridized carbons (Fsp3) is 0.200. The Balaban J connectivity index is 2.16. The number of halogens is 1. The minimum absolute atomic E-state index is 0.903. The van der Waals surface area contributed by atoms with Crippen molar-refractivity contribution in [3.8, 4) is 5.75 Å². The van der Waals surface area contributed by atoms with Crippen molar-refractivity contribution in [3.63, 3.8) is 0 Å². The first-order valence-corrected chi connectivity index (χ1v) is 6.36. The molecule has 0 aliphatic rings. The van der Waals surface area contributed by atoms with Crippen LogP contribution in [0, 0.1) is 6.92 Å². The lowest BCUT2D eigenvalue weighted by Crippen LogP contribution is -1.90. The molecule has 0 saturated carbocycles. The van der Waals surface area contributed by atoms with Crippen LogP contribution < -0.4 is 4.74 Å². The maximum Gasteiger partial charge on any atom is 0.118 e. The minimum Gasteiger partial charge on any atom is -0.497 e. The number of hydrogen-bond acceptors (Lipinski definition) is 1. The first kappa shape index (κ1) is 12.2. The molecule has 0 spiro atoms. The smallest absolute Gasteiger partial charge is 0.118 e. The molecule has 0 saturated heterocycles. The molecule has 1 nitrogen and oxygen atoms in total. The second-order valence-corrected chi connectivity index (χ2v) is 4.96. The van der Waals surface area contributed by atoms with E-state index < -0.39 is 0 Å². The molecule has 0 atom stereocenters. The van der Waals surface area contributed by atoms with Gasteiger partial charge in [-0.05, 0) is 48.2 Å². The van der Waals surface area contributed by atoms with E-state index in [1.165, 1.54) is 16.7 Å². The largest absolute Gasteiger partial charge is 0.497 e. The summed E-state index contributed by atoms with van der Waals surface area (Å²) >= 11 is 3.52. The van der Waals surface area contributed by atoms with Gasteiger partial charge in [-0.25, -0.2) is 0 Å². The highest BCUT2D eigenvalue weighted by molar-refractivity contribution is 9.10. The Bertz CT molecular complexity index is 503. The van der Waals surface area contributed by atoms with Crippen LogP contribution in [0.25, 0.3) is 0 Å². The number of methoxy groups -OCH3 is 1. The molecule has 0 aromatic heterocycles. The second kappa shape index (κ2) is 5.37. The third-order valence-electron chi connectivity index (χ3n) is 2.79. The van der Waals surface area contributed by atoms with Gasteiger partial charge in [-0.2, -0.15) is 0 Å². The molecule has 0 N–H and O–H groups in total. The summed E-state index contributed by atoms with van der Waals surface area (Å²) in [6, 6.07) is 14.7. The van der Waals surface area contributed by atoms with Crippen LogP contribution >= 0.6 is 15.9 Å². The third kappa shape index (κ3) is 3.10. The van der Waals surface area contributed by atoms with Crippen LogP contribution in [0.3, 0.4) is 0 Å². The van der Waals surface area contributed by atoms with Crippen molar-refractivity contribution in [2.75, 3.05) is 7.11 Å². The van der Waals surface area contributed by atoms with E-state index in [0.29, 0.717) is 0 Å². The Morgan fingerprint density at radius 2 is 1.65 bits per heavy atom. The molecule has 2 aromatic rings. The van der Waals surface area contributed by atoms with E-state index in [1.54, 1.807) is 7.11 Å². The van der Waals surface area contributed by atoms with Gasteiger partial charge in [0.1, 0.15) is 5.75 Å². The maximum atomic E-state index is 5.15. The summed E-state index contributed by atoms with van der Waals surface area (Å²) in [6.45, 7) is 2.11. The number of aryl methyl sites for hydroxylation is 1. The quantitative estimate of drug-likeness (QED) is 0.816. The molecule has 0 aliphatic heterocycles. The zero-order chi connectivity index (χ0) is 12.3. The summed E-state index contributed by atoms with van der Waals surface area (Å²) in [7, 11) is 1.69. The van der Waals surface area contributed by atoms with Gasteiger partial charge in [-0.15, -0.1) is 0 Å². The molecule has 17 heavy (non-hydrogen) atoms. The van der Waals surface area contributed by atoms with Gasteiger partial charge in [0.25, 0.3) is 0 Å². The topological polar surface area (TPSA) is 9.23 Å². The van der Waals surface area contributed by atoms with Crippen molar-refractivity contribution in [3.05, 3.63) is 63.6 Å². The van der Waals surface area contributed by atoms with Gasteiger partial charge < -0.3 is 4.74 Å². The lowest BCUT2D eigenvalue weighted by atomic mass is 10.0. The molecule has 88 valence electrons.